The molecule has 0 aliphatic heterocycles. The summed E-state index contributed by atoms with van der Waals surface area (Å²) in [5.41, 5.74) is 7.87. The van der Waals surface area contributed by atoms with Crippen molar-refractivity contribution in [2.75, 3.05) is 29.7 Å². The van der Waals surface area contributed by atoms with Gasteiger partial charge in [0.25, 0.3) is 0 Å². The summed E-state index contributed by atoms with van der Waals surface area (Å²) >= 11 is 1.21. The van der Waals surface area contributed by atoms with Crippen LogP contribution in [0.15, 0.2) is 18.2 Å². The molecule has 18 heavy (non-hydrogen) atoms. The molecule has 1 aromatic rings. The van der Waals surface area contributed by atoms with Crippen molar-refractivity contribution >= 4 is 35.0 Å². The van der Waals surface area contributed by atoms with Crippen LogP contribution in [-0.4, -0.2) is 30.5 Å². The van der Waals surface area contributed by atoms with Gasteiger partial charge in [0, 0.05) is 11.4 Å². The van der Waals surface area contributed by atoms with E-state index in [9.17, 15) is 9.59 Å². The highest BCUT2D eigenvalue weighted by atomic mass is 32.2. The minimum absolute atomic E-state index is 0.166. The second-order valence-corrected chi connectivity index (χ2v) is 4.68. The Kier molecular flexibility index (Phi) is 5.51. The van der Waals surface area contributed by atoms with E-state index < -0.39 is 0 Å². The highest BCUT2D eigenvalue weighted by molar-refractivity contribution is 8.00. The Hall–Kier alpha value is -1.69. The summed E-state index contributed by atoms with van der Waals surface area (Å²) in [6.45, 7) is 1.89. The third kappa shape index (κ3) is 4.67. The van der Waals surface area contributed by atoms with Crippen molar-refractivity contribution in [1.82, 2.24) is 0 Å². The van der Waals surface area contributed by atoms with Crippen molar-refractivity contribution < 1.29 is 14.3 Å². The summed E-state index contributed by atoms with van der Waals surface area (Å²) in [6.07, 6.45) is 0. The third-order valence-electron chi connectivity index (χ3n) is 2.22. The van der Waals surface area contributed by atoms with E-state index in [2.05, 4.69) is 10.1 Å². The number of nitrogen functional groups attached to an aromatic ring is 1. The molecule has 0 aliphatic rings. The van der Waals surface area contributed by atoms with Crippen LogP contribution < -0.4 is 11.1 Å². The number of carbonyl (C=O) groups excluding carboxylic acids is 2. The number of rotatable bonds is 5. The number of hydrogen-bond donors (Lipinski definition) is 2. The molecule has 98 valence electrons. The van der Waals surface area contributed by atoms with Crippen molar-refractivity contribution in [2.24, 2.45) is 0 Å². The topological polar surface area (TPSA) is 81.4 Å². The summed E-state index contributed by atoms with van der Waals surface area (Å²) in [6, 6.07) is 5.32. The van der Waals surface area contributed by atoms with Gasteiger partial charge in [-0.15, -0.1) is 11.8 Å². The lowest BCUT2D eigenvalue weighted by atomic mass is 10.2. The molecular weight excluding hydrogens is 252 g/mol. The van der Waals surface area contributed by atoms with E-state index >= 15 is 0 Å². The lowest BCUT2D eigenvalue weighted by Crippen LogP contribution is -2.16. The maximum absolute atomic E-state index is 11.6. The molecule has 0 spiro atoms. The van der Waals surface area contributed by atoms with Crippen LogP contribution in [0.4, 0.5) is 11.4 Å². The van der Waals surface area contributed by atoms with Crippen molar-refractivity contribution in [1.29, 1.82) is 0 Å². The third-order valence-corrected chi connectivity index (χ3v) is 3.12. The number of carbonyl (C=O) groups is 2. The van der Waals surface area contributed by atoms with E-state index in [1.54, 1.807) is 12.1 Å². The molecule has 1 rings (SSSR count). The average molecular weight is 268 g/mol. The Morgan fingerprint density at radius 2 is 2.11 bits per heavy atom. The number of benzene rings is 1. The molecule has 0 aliphatic carbocycles. The Balaban J connectivity index is 2.44. The predicted molar refractivity (Wildman–Crippen MR) is 73.6 cm³/mol. The highest BCUT2D eigenvalue weighted by Crippen LogP contribution is 2.18. The maximum atomic E-state index is 11.6. The number of nitrogens with one attached hydrogen (secondary N) is 1. The molecule has 0 bridgehead atoms. The van der Waals surface area contributed by atoms with E-state index in [4.69, 9.17) is 5.73 Å². The zero-order valence-corrected chi connectivity index (χ0v) is 11.2. The van der Waals surface area contributed by atoms with Crippen LogP contribution in [0.5, 0.6) is 0 Å². The largest absolute Gasteiger partial charge is 0.468 e. The lowest BCUT2D eigenvalue weighted by molar-refractivity contribution is -0.137. The smallest absolute Gasteiger partial charge is 0.315 e. The fourth-order valence-corrected chi connectivity index (χ4v) is 1.89. The zero-order chi connectivity index (χ0) is 13.5. The van der Waals surface area contributed by atoms with E-state index in [-0.39, 0.29) is 23.4 Å². The molecule has 3 N–H and O–H groups in total. The second-order valence-electron chi connectivity index (χ2n) is 3.69. The summed E-state index contributed by atoms with van der Waals surface area (Å²) < 4.78 is 4.48. The van der Waals surface area contributed by atoms with Gasteiger partial charge in [-0.3, -0.25) is 9.59 Å². The molecule has 1 amide bonds. The van der Waals surface area contributed by atoms with Crippen molar-refractivity contribution in [3.63, 3.8) is 0 Å². The molecule has 6 heteroatoms. The van der Waals surface area contributed by atoms with Gasteiger partial charge in [-0.1, -0.05) is 6.07 Å². The van der Waals surface area contributed by atoms with Crippen LogP contribution >= 0.6 is 11.8 Å². The van der Waals surface area contributed by atoms with E-state index in [0.717, 1.165) is 5.56 Å². The van der Waals surface area contributed by atoms with Crippen molar-refractivity contribution in [3.05, 3.63) is 23.8 Å². The number of anilines is 2. The van der Waals surface area contributed by atoms with E-state index in [1.165, 1.54) is 18.9 Å². The monoisotopic (exact) mass is 268 g/mol. The number of methoxy groups -OCH3 is 1. The predicted octanol–water partition coefficient (Wildman–Crippen LogP) is 1.42. The van der Waals surface area contributed by atoms with Crippen LogP contribution in [0.25, 0.3) is 0 Å². The summed E-state index contributed by atoms with van der Waals surface area (Å²) in [4.78, 5) is 22.5. The fourth-order valence-electron chi connectivity index (χ4n) is 1.25. The first-order chi connectivity index (χ1) is 8.52. The Labute approximate surface area is 110 Å². The van der Waals surface area contributed by atoms with Crippen LogP contribution in [0, 0.1) is 6.92 Å². The Morgan fingerprint density at radius 3 is 2.78 bits per heavy atom. The number of hydrogen-bond acceptors (Lipinski definition) is 5. The highest BCUT2D eigenvalue weighted by Gasteiger charge is 2.07. The maximum Gasteiger partial charge on any atom is 0.315 e. The second kappa shape index (κ2) is 6.90. The molecule has 0 saturated carbocycles. The van der Waals surface area contributed by atoms with Crippen LogP contribution in [0.1, 0.15) is 5.56 Å². The first-order valence-corrected chi connectivity index (χ1v) is 6.49. The molecule has 5 nitrogen and oxygen atoms in total. The average Bonchev–Trinajstić information content (AvgIpc) is 2.33. The Bertz CT molecular complexity index is 449. The first-order valence-electron chi connectivity index (χ1n) is 5.33. The number of esters is 1. The molecule has 0 aromatic heterocycles. The van der Waals surface area contributed by atoms with Gasteiger partial charge in [0.05, 0.1) is 18.6 Å². The van der Waals surface area contributed by atoms with Crippen LogP contribution in [0.3, 0.4) is 0 Å². The molecule has 1 aromatic carbocycles. The van der Waals surface area contributed by atoms with E-state index in [0.29, 0.717) is 11.4 Å². The molecule has 0 heterocycles. The lowest BCUT2D eigenvalue weighted by Gasteiger charge is -2.08. The number of thioether (sulfide) groups is 1. The minimum atomic E-state index is -0.340. The van der Waals surface area contributed by atoms with Gasteiger partial charge >= 0.3 is 5.97 Å². The standard InChI is InChI=1S/C12H16N2O3S/c1-8-3-4-9(13)5-10(8)14-11(15)6-18-7-12(16)17-2/h3-5H,6-7,13H2,1-2H3,(H,14,15). The van der Waals surface area contributed by atoms with E-state index in [1.807, 2.05) is 13.0 Å². The normalized spacial score (nSPS) is 9.89. The molecule has 0 atom stereocenters. The van der Waals surface area contributed by atoms with Crippen LogP contribution in [0.2, 0.25) is 0 Å². The quantitative estimate of drug-likeness (QED) is 0.623. The van der Waals surface area contributed by atoms with Gasteiger partial charge in [0.1, 0.15) is 0 Å². The van der Waals surface area contributed by atoms with Gasteiger partial charge in [-0.25, -0.2) is 0 Å². The fraction of sp³-hybridized carbons (Fsp3) is 0.333. The summed E-state index contributed by atoms with van der Waals surface area (Å²) in [5.74, 6) is -0.145. The molecule has 0 fully saturated rings. The van der Waals surface area contributed by atoms with Crippen molar-refractivity contribution in [3.8, 4) is 0 Å². The molecular formula is C12H16N2O3S. The minimum Gasteiger partial charge on any atom is -0.468 e. The number of nitrogens with two attached hydrogens (primary N) is 1. The number of amides is 1. The van der Waals surface area contributed by atoms with Crippen LogP contribution in [-0.2, 0) is 14.3 Å². The first kappa shape index (κ1) is 14.4. The Morgan fingerprint density at radius 1 is 1.39 bits per heavy atom. The van der Waals surface area contributed by atoms with Crippen molar-refractivity contribution in [2.45, 2.75) is 6.92 Å². The number of ether oxygens (including phenoxy) is 1. The summed E-state index contributed by atoms with van der Waals surface area (Å²) in [7, 11) is 1.32. The van der Waals surface area contributed by atoms with Gasteiger partial charge in [0.2, 0.25) is 5.91 Å². The summed E-state index contributed by atoms with van der Waals surface area (Å²) in [5, 5.41) is 2.75. The molecule has 0 unspecified atom stereocenters. The van der Waals surface area contributed by atoms with Gasteiger partial charge in [-0.2, -0.15) is 0 Å². The van der Waals surface area contributed by atoms with Gasteiger partial charge in [-0.05, 0) is 24.6 Å². The van der Waals surface area contributed by atoms with Gasteiger partial charge in [0.15, 0.2) is 0 Å². The molecule has 0 radical (unpaired) electrons. The zero-order valence-electron chi connectivity index (χ0n) is 10.4. The SMILES string of the molecule is COC(=O)CSCC(=O)Nc1cc(N)ccc1C. The van der Waals surface area contributed by atoms with Gasteiger partial charge < -0.3 is 15.8 Å². The molecule has 0 saturated heterocycles. The number of aryl methyl sites for hydroxylation is 1.